The smallest absolute Gasteiger partial charge is 0.219 e. The van der Waals surface area contributed by atoms with E-state index in [2.05, 4.69) is 38.3 Å². The van der Waals surface area contributed by atoms with E-state index in [1.54, 1.807) is 6.92 Å². The van der Waals surface area contributed by atoms with Crippen molar-refractivity contribution < 1.29 is 9.59 Å². The van der Waals surface area contributed by atoms with Crippen molar-refractivity contribution in [2.24, 2.45) is 0 Å². The van der Waals surface area contributed by atoms with Crippen molar-refractivity contribution >= 4 is 33.8 Å². The molecule has 0 aliphatic heterocycles. The third kappa shape index (κ3) is 5.41. The molecular formula is C26H22O2S2. The predicted octanol–water partition coefficient (Wildman–Crippen LogP) is 7.33. The summed E-state index contributed by atoms with van der Waals surface area (Å²) < 4.78 is 0. The molecule has 0 atom stereocenters. The summed E-state index contributed by atoms with van der Waals surface area (Å²) in [4.78, 5) is 25.1. The molecule has 0 aliphatic rings. The Morgan fingerprint density at radius 1 is 0.800 bits per heavy atom. The van der Waals surface area contributed by atoms with Crippen molar-refractivity contribution in [2.75, 3.05) is 0 Å². The summed E-state index contributed by atoms with van der Waals surface area (Å²) in [5.74, 6) is 0. The Morgan fingerprint density at radius 2 is 1.33 bits per heavy atom. The van der Waals surface area contributed by atoms with Gasteiger partial charge in [0.2, 0.25) is 10.2 Å². The lowest BCUT2D eigenvalue weighted by atomic mass is 9.96. The summed E-state index contributed by atoms with van der Waals surface area (Å²) in [6, 6.07) is 22.4. The largest absolute Gasteiger partial charge is 0.282 e. The number of hydrogen-bond donors (Lipinski definition) is 0. The van der Waals surface area contributed by atoms with Crippen LogP contribution >= 0.6 is 23.5 Å². The van der Waals surface area contributed by atoms with Crippen LogP contribution in [0.2, 0.25) is 0 Å². The Morgan fingerprint density at radius 3 is 1.87 bits per heavy atom. The van der Waals surface area contributed by atoms with Crippen LogP contribution in [0.15, 0.2) is 101 Å². The van der Waals surface area contributed by atoms with Crippen LogP contribution in [0.3, 0.4) is 0 Å². The van der Waals surface area contributed by atoms with Crippen molar-refractivity contribution in [1.29, 1.82) is 0 Å². The Hall–Kier alpha value is -2.82. The molecule has 0 saturated carbocycles. The molecule has 0 spiro atoms. The van der Waals surface area contributed by atoms with Gasteiger partial charge in [0.25, 0.3) is 0 Å². The highest BCUT2D eigenvalue weighted by Gasteiger charge is 2.08. The molecular weight excluding hydrogens is 408 g/mol. The number of rotatable bonds is 6. The Kier molecular flexibility index (Phi) is 7.14. The fourth-order valence-corrected chi connectivity index (χ4v) is 4.19. The Bertz CT molecular complexity index is 1110. The average Bonchev–Trinajstić information content (AvgIpc) is 2.74. The molecule has 0 unspecified atom stereocenters. The fourth-order valence-electron chi connectivity index (χ4n) is 2.94. The van der Waals surface area contributed by atoms with Gasteiger partial charge in [-0.05, 0) is 101 Å². The van der Waals surface area contributed by atoms with Crippen LogP contribution in [0, 0.1) is 6.92 Å². The molecule has 4 heteroatoms. The zero-order chi connectivity index (χ0) is 21.7. The van der Waals surface area contributed by atoms with Crippen LogP contribution in [0.25, 0.3) is 22.3 Å². The van der Waals surface area contributed by atoms with E-state index >= 15 is 0 Å². The first kappa shape index (κ1) is 21.9. The Balaban J connectivity index is 1.78. The number of aryl methyl sites for hydroxylation is 1. The zero-order valence-corrected chi connectivity index (χ0v) is 18.6. The fraction of sp³-hybridized carbons (Fsp3) is 0.0769. The first-order valence-electron chi connectivity index (χ1n) is 9.41. The van der Waals surface area contributed by atoms with Gasteiger partial charge in [0.1, 0.15) is 0 Å². The summed E-state index contributed by atoms with van der Waals surface area (Å²) in [5, 5.41) is -0.0714. The molecule has 30 heavy (non-hydrogen) atoms. The summed E-state index contributed by atoms with van der Waals surface area (Å²) in [6.45, 7) is 11.0. The number of thioether (sulfide) groups is 2. The van der Waals surface area contributed by atoms with Gasteiger partial charge in [0.15, 0.2) is 0 Å². The zero-order valence-electron chi connectivity index (χ0n) is 17.0. The van der Waals surface area contributed by atoms with Crippen molar-refractivity contribution in [2.45, 2.75) is 23.6 Å². The van der Waals surface area contributed by atoms with Crippen LogP contribution < -0.4 is 0 Å². The molecule has 2 nitrogen and oxygen atoms in total. The number of carbonyl (C=O) groups is 2. The lowest BCUT2D eigenvalue weighted by Crippen LogP contribution is -1.91. The first-order chi connectivity index (χ1) is 14.4. The van der Waals surface area contributed by atoms with E-state index < -0.39 is 0 Å². The van der Waals surface area contributed by atoms with Gasteiger partial charge in [-0.25, -0.2) is 0 Å². The third-order valence-corrected chi connectivity index (χ3v) is 6.44. The highest BCUT2D eigenvalue weighted by molar-refractivity contribution is 8.14. The molecule has 0 aromatic heterocycles. The van der Waals surface area contributed by atoms with E-state index in [1.165, 1.54) is 35.2 Å². The molecule has 0 aliphatic carbocycles. The highest BCUT2D eigenvalue weighted by atomic mass is 32.2. The van der Waals surface area contributed by atoms with E-state index in [1.807, 2.05) is 48.5 Å². The second kappa shape index (κ2) is 9.79. The molecule has 0 bridgehead atoms. The summed E-state index contributed by atoms with van der Waals surface area (Å²) >= 11 is 2.37. The lowest BCUT2D eigenvalue weighted by Gasteiger charge is -2.10. The molecule has 150 valence electrons. The molecule has 0 radical (unpaired) electrons. The molecule has 0 saturated heterocycles. The maximum absolute atomic E-state index is 11.8. The molecule has 3 aromatic rings. The standard InChI is InChI=1S/C26H22O2S2/c1-5-25(27)29-22-13-8-20(9-14-22)24-15-10-21(16-18(24)4)19-6-11-23(12-7-19)30-26(28)17(2)3/h5-16H,1-2H2,3-4H3. The van der Waals surface area contributed by atoms with Gasteiger partial charge < -0.3 is 0 Å². The van der Waals surface area contributed by atoms with Crippen LogP contribution in [0.5, 0.6) is 0 Å². The van der Waals surface area contributed by atoms with E-state index in [0.717, 1.165) is 32.0 Å². The van der Waals surface area contributed by atoms with Crippen molar-refractivity contribution in [3.05, 3.63) is 97.1 Å². The third-order valence-electron chi connectivity index (χ3n) is 4.52. The van der Waals surface area contributed by atoms with Gasteiger partial charge in [0, 0.05) is 9.79 Å². The minimum absolute atomic E-state index is 0.0128. The topological polar surface area (TPSA) is 34.1 Å². The molecule has 3 aromatic carbocycles. The minimum Gasteiger partial charge on any atom is -0.282 e. The van der Waals surface area contributed by atoms with Crippen LogP contribution in [0.1, 0.15) is 12.5 Å². The summed E-state index contributed by atoms with van der Waals surface area (Å²) in [6.07, 6.45) is 1.32. The van der Waals surface area contributed by atoms with E-state index in [0.29, 0.717) is 5.57 Å². The molecule has 0 fully saturated rings. The van der Waals surface area contributed by atoms with Gasteiger partial charge in [-0.3, -0.25) is 9.59 Å². The molecule has 0 heterocycles. The quantitative estimate of drug-likeness (QED) is 0.303. The molecule has 0 N–H and O–H groups in total. The number of carbonyl (C=O) groups excluding carboxylic acids is 2. The predicted molar refractivity (Wildman–Crippen MR) is 129 cm³/mol. The first-order valence-corrected chi connectivity index (χ1v) is 11.0. The van der Waals surface area contributed by atoms with Crippen molar-refractivity contribution in [3.8, 4) is 22.3 Å². The minimum atomic E-state index is -0.0586. The van der Waals surface area contributed by atoms with Crippen molar-refractivity contribution in [1.82, 2.24) is 0 Å². The SMILES string of the molecule is C=CC(=O)Sc1ccc(-c2ccc(-c3ccc(SC(=O)C(=C)C)cc3)cc2C)cc1. The Labute approximate surface area is 186 Å². The maximum atomic E-state index is 11.8. The van der Waals surface area contributed by atoms with Gasteiger partial charge in [-0.2, -0.15) is 0 Å². The average molecular weight is 431 g/mol. The van der Waals surface area contributed by atoms with Crippen LogP contribution in [0.4, 0.5) is 0 Å². The van der Waals surface area contributed by atoms with E-state index in [-0.39, 0.29) is 10.2 Å². The van der Waals surface area contributed by atoms with E-state index in [9.17, 15) is 9.59 Å². The summed E-state index contributed by atoms with van der Waals surface area (Å²) in [5.41, 5.74) is 6.22. The monoisotopic (exact) mass is 430 g/mol. The van der Waals surface area contributed by atoms with Crippen molar-refractivity contribution in [3.63, 3.8) is 0 Å². The lowest BCUT2D eigenvalue weighted by molar-refractivity contribution is -0.108. The summed E-state index contributed by atoms with van der Waals surface area (Å²) in [7, 11) is 0. The second-order valence-electron chi connectivity index (χ2n) is 6.87. The molecule has 3 rings (SSSR count). The number of benzene rings is 3. The van der Waals surface area contributed by atoms with Crippen LogP contribution in [-0.2, 0) is 9.59 Å². The normalized spacial score (nSPS) is 10.5. The van der Waals surface area contributed by atoms with Crippen LogP contribution in [-0.4, -0.2) is 10.2 Å². The molecule has 0 amide bonds. The van der Waals surface area contributed by atoms with Gasteiger partial charge in [0.05, 0.1) is 0 Å². The highest BCUT2D eigenvalue weighted by Crippen LogP contribution is 2.31. The maximum Gasteiger partial charge on any atom is 0.219 e. The number of hydrogen-bond acceptors (Lipinski definition) is 4. The van der Waals surface area contributed by atoms with E-state index in [4.69, 9.17) is 0 Å². The van der Waals surface area contributed by atoms with Gasteiger partial charge >= 0.3 is 0 Å². The van der Waals surface area contributed by atoms with Gasteiger partial charge in [-0.1, -0.05) is 55.6 Å². The second-order valence-corrected chi connectivity index (χ2v) is 9.00. The van der Waals surface area contributed by atoms with Gasteiger partial charge in [-0.15, -0.1) is 0 Å².